The number of fused-ring (bicyclic) bond motifs is 2. The molecule has 4 aromatic carbocycles. The summed E-state index contributed by atoms with van der Waals surface area (Å²) in [6, 6.07) is 36.2. The van der Waals surface area contributed by atoms with Crippen molar-refractivity contribution < 1.29 is 30.0 Å². The summed E-state index contributed by atoms with van der Waals surface area (Å²) in [5.74, 6) is 0.547. The molecule has 5 heteroatoms. The van der Waals surface area contributed by atoms with Crippen LogP contribution < -0.4 is 0 Å². The molecule has 6 aromatic rings. The van der Waals surface area contributed by atoms with Crippen molar-refractivity contribution in [3.05, 3.63) is 126 Å². The normalized spacial score (nSPS) is 11.8. The molecule has 3 nitrogen and oxygen atoms in total. The van der Waals surface area contributed by atoms with Gasteiger partial charge in [0.25, 0.3) is 0 Å². The van der Waals surface area contributed by atoms with Crippen molar-refractivity contribution in [2.45, 2.75) is 86.5 Å². The molecule has 0 atom stereocenters. The van der Waals surface area contributed by atoms with Gasteiger partial charge in [-0.2, -0.15) is 0 Å². The minimum absolute atomic E-state index is 0. The number of hydrogen-bond donors (Lipinski definition) is 1. The molecule has 0 spiro atoms. The van der Waals surface area contributed by atoms with Crippen molar-refractivity contribution in [3.63, 3.8) is 0 Å². The number of rotatable bonds is 10. The number of allylic oxidation sites excluding steroid dienone is 2. The van der Waals surface area contributed by atoms with Crippen LogP contribution in [0.1, 0.15) is 85.3 Å². The molecule has 0 aliphatic carbocycles. The second kappa shape index (κ2) is 18.2. The number of carbonyl (C=O) groups excluding carboxylic acids is 1. The first-order valence-electron chi connectivity index (χ1n) is 18.4. The third-order valence-corrected chi connectivity index (χ3v) is 11.4. The fourth-order valence-corrected chi connectivity index (χ4v) is 8.13. The number of aliphatic hydroxyl groups excluding tert-OH is 1. The predicted molar refractivity (Wildman–Crippen MR) is 220 cm³/mol. The van der Waals surface area contributed by atoms with Crippen LogP contribution in [0.2, 0.25) is 0 Å². The molecule has 273 valence electrons. The van der Waals surface area contributed by atoms with Gasteiger partial charge < -0.3 is 5.11 Å². The standard InChI is InChI=1S/C34H28NS.C13H24O2.Ir/c1-22-28-18-19-35-31(27-20-26-12-8-9-13-29(26)30(21-27)34(2,3)4)33(28)36-32(22)25-16-14-24(15-17-25)23-10-6-5-7-11-23;1-5-10(6-2)12(14)9-13(15)11(7-3)8-4;/h5-19,21H,1-4H3;9-11,14H,5-8H2,1-4H3;/q-1;;/b;12-9-;. The van der Waals surface area contributed by atoms with Crippen molar-refractivity contribution >= 4 is 38.0 Å². The number of nitrogens with zero attached hydrogens (tertiary/aromatic N) is 1. The first-order chi connectivity index (χ1) is 24.5. The van der Waals surface area contributed by atoms with E-state index in [1.54, 1.807) is 0 Å². The van der Waals surface area contributed by atoms with E-state index < -0.39 is 0 Å². The molecule has 0 unspecified atom stereocenters. The Morgan fingerprint density at radius 2 is 1.37 bits per heavy atom. The third kappa shape index (κ3) is 9.18. The van der Waals surface area contributed by atoms with E-state index in [4.69, 9.17) is 4.98 Å². The van der Waals surface area contributed by atoms with Crippen molar-refractivity contribution in [2.75, 3.05) is 0 Å². The van der Waals surface area contributed by atoms with E-state index in [0.717, 1.165) is 42.3 Å². The number of pyridine rings is 1. The first-order valence-corrected chi connectivity index (χ1v) is 19.3. The van der Waals surface area contributed by atoms with Gasteiger partial charge >= 0.3 is 0 Å². The third-order valence-electron chi connectivity index (χ3n) is 10.0. The number of hydrogen-bond acceptors (Lipinski definition) is 4. The summed E-state index contributed by atoms with van der Waals surface area (Å²) in [5, 5.41) is 13.4. The Morgan fingerprint density at radius 3 is 1.98 bits per heavy atom. The molecule has 0 amide bonds. The van der Waals surface area contributed by atoms with Crippen LogP contribution in [-0.4, -0.2) is 15.9 Å². The molecule has 0 aliphatic rings. The summed E-state index contributed by atoms with van der Waals surface area (Å²) < 4.78 is 1.23. The SMILES string of the molecule is CCC(CC)C(=O)/C=C(\O)C(CC)CC.Cc1c(-c2ccc(-c3ccccc3)cc2)sc2c(-c3[c-]c4ccccc4c(C(C)(C)C)c3)nccc12.[Ir]. The van der Waals surface area contributed by atoms with Crippen molar-refractivity contribution in [1.29, 1.82) is 0 Å². The summed E-state index contributed by atoms with van der Waals surface area (Å²) >= 11 is 1.84. The Hall–Kier alpha value is -3.89. The van der Waals surface area contributed by atoms with Gasteiger partial charge in [-0.3, -0.25) is 9.78 Å². The van der Waals surface area contributed by atoms with Gasteiger partial charge in [-0.15, -0.1) is 40.5 Å². The molecule has 0 fully saturated rings. The van der Waals surface area contributed by atoms with Crippen LogP contribution in [0, 0.1) is 24.8 Å². The number of aromatic nitrogens is 1. The Bertz CT molecular complexity index is 2120. The van der Waals surface area contributed by atoms with Crippen molar-refractivity contribution in [3.8, 4) is 32.8 Å². The van der Waals surface area contributed by atoms with E-state index in [1.165, 1.54) is 54.2 Å². The maximum atomic E-state index is 11.7. The number of aliphatic hydroxyl groups is 1. The summed E-state index contributed by atoms with van der Waals surface area (Å²) in [6.45, 7) is 17.1. The van der Waals surface area contributed by atoms with Gasteiger partial charge in [-0.1, -0.05) is 132 Å². The topological polar surface area (TPSA) is 50.2 Å². The predicted octanol–water partition coefficient (Wildman–Crippen LogP) is 13.7. The quantitative estimate of drug-likeness (QED) is 0.0847. The first kappa shape index (κ1) is 40.9. The summed E-state index contributed by atoms with van der Waals surface area (Å²) in [6.07, 6.45) is 6.85. The monoisotopic (exact) mass is 887 g/mol. The Kier molecular flexibility index (Phi) is 14.3. The number of thiophene rings is 1. The molecule has 52 heavy (non-hydrogen) atoms. The van der Waals surface area contributed by atoms with E-state index in [0.29, 0.717) is 0 Å². The largest absolute Gasteiger partial charge is 0.512 e. The van der Waals surface area contributed by atoms with Crippen LogP contribution in [0.5, 0.6) is 0 Å². The van der Waals surface area contributed by atoms with Gasteiger partial charge in [0.1, 0.15) is 0 Å². The smallest absolute Gasteiger partial charge is 0.162 e. The van der Waals surface area contributed by atoms with Gasteiger partial charge in [0, 0.05) is 59.5 Å². The van der Waals surface area contributed by atoms with Gasteiger partial charge in [0.2, 0.25) is 0 Å². The summed E-state index contributed by atoms with van der Waals surface area (Å²) in [7, 11) is 0. The molecule has 0 aliphatic heterocycles. The van der Waals surface area contributed by atoms with E-state index in [-0.39, 0.29) is 48.9 Å². The molecule has 0 saturated carbocycles. The number of aryl methyl sites for hydroxylation is 1. The van der Waals surface area contributed by atoms with Crippen LogP contribution in [0.15, 0.2) is 109 Å². The molecule has 2 aromatic heterocycles. The van der Waals surface area contributed by atoms with E-state index in [2.05, 4.69) is 125 Å². The van der Waals surface area contributed by atoms with E-state index >= 15 is 0 Å². The van der Waals surface area contributed by atoms with E-state index in [1.807, 2.05) is 45.2 Å². The fraction of sp³-hybridized carbons (Fsp3) is 0.319. The van der Waals surface area contributed by atoms with Gasteiger partial charge in [-0.05, 0) is 71.7 Å². The van der Waals surface area contributed by atoms with E-state index in [9.17, 15) is 9.90 Å². The molecule has 0 saturated heterocycles. The second-order valence-corrected chi connectivity index (χ2v) is 15.4. The van der Waals surface area contributed by atoms with Crippen LogP contribution >= 0.6 is 11.3 Å². The minimum atomic E-state index is 0. The van der Waals surface area contributed by atoms with Crippen LogP contribution in [0.25, 0.3) is 53.7 Å². The maximum Gasteiger partial charge on any atom is 0.162 e. The zero-order chi connectivity index (χ0) is 36.7. The molecule has 1 N–H and O–H groups in total. The van der Waals surface area contributed by atoms with Gasteiger partial charge in [0.05, 0.1) is 5.76 Å². The molecule has 0 bridgehead atoms. The zero-order valence-corrected chi connectivity index (χ0v) is 35.1. The number of ketones is 1. The van der Waals surface area contributed by atoms with Crippen LogP contribution in [0.3, 0.4) is 0 Å². The fourth-order valence-electron chi connectivity index (χ4n) is 6.82. The Labute approximate surface area is 328 Å². The zero-order valence-electron chi connectivity index (χ0n) is 31.8. The molecule has 6 rings (SSSR count). The number of benzene rings is 4. The van der Waals surface area contributed by atoms with Gasteiger partial charge in [-0.25, -0.2) is 0 Å². The Balaban J connectivity index is 0.000000323. The number of carbonyl (C=O) groups is 1. The van der Waals surface area contributed by atoms with Crippen molar-refractivity contribution in [2.24, 2.45) is 11.8 Å². The average Bonchev–Trinajstić information content (AvgIpc) is 3.48. The van der Waals surface area contributed by atoms with Crippen LogP contribution in [-0.2, 0) is 30.3 Å². The maximum absolute atomic E-state index is 11.7. The summed E-state index contributed by atoms with van der Waals surface area (Å²) in [5.41, 5.74) is 8.47. The molecule has 1 radical (unpaired) electrons. The van der Waals surface area contributed by atoms with Gasteiger partial charge in [0.15, 0.2) is 5.78 Å². The average molecular weight is 887 g/mol. The Morgan fingerprint density at radius 1 is 0.788 bits per heavy atom. The molecular weight excluding hydrogens is 835 g/mol. The molecule has 2 heterocycles. The molecular formula is C47H52IrNO2S-. The summed E-state index contributed by atoms with van der Waals surface area (Å²) in [4.78, 5) is 17.9. The van der Waals surface area contributed by atoms with Crippen LogP contribution in [0.4, 0.5) is 0 Å². The van der Waals surface area contributed by atoms with Crippen molar-refractivity contribution in [1.82, 2.24) is 4.98 Å². The minimum Gasteiger partial charge on any atom is -0.512 e. The second-order valence-electron chi connectivity index (χ2n) is 14.4.